The van der Waals surface area contributed by atoms with Crippen molar-refractivity contribution in [2.45, 2.75) is 0 Å². The van der Waals surface area contributed by atoms with E-state index in [1.54, 1.807) is 0 Å². The van der Waals surface area contributed by atoms with Crippen molar-refractivity contribution in [1.82, 2.24) is 9.97 Å². The van der Waals surface area contributed by atoms with Crippen molar-refractivity contribution in [2.24, 2.45) is 0 Å². The number of hydrogen-bond acceptors (Lipinski definition) is 2. The minimum Gasteiger partial charge on any atom is -0.236 e. The van der Waals surface area contributed by atoms with Gasteiger partial charge >= 0.3 is 0 Å². The molecule has 3 aromatic rings. The first-order valence-electron chi connectivity index (χ1n) is 5.31. The van der Waals surface area contributed by atoms with Crippen molar-refractivity contribution in [1.29, 1.82) is 0 Å². The summed E-state index contributed by atoms with van der Waals surface area (Å²) in [5, 5.41) is 1.73. The fourth-order valence-electron chi connectivity index (χ4n) is 1.74. The molecule has 0 spiro atoms. The molecule has 0 bridgehead atoms. The largest absolute Gasteiger partial charge is 0.236 e. The number of aromatic nitrogens is 2. The molecule has 0 amide bonds. The average Bonchev–Trinajstić information content (AvgIpc) is 2.38. The summed E-state index contributed by atoms with van der Waals surface area (Å²) in [7, 11) is 0. The molecule has 2 nitrogen and oxygen atoms in total. The van der Waals surface area contributed by atoms with E-state index in [1.807, 2.05) is 54.7 Å². The Morgan fingerprint density at radius 3 is 2.71 bits per heavy atom. The zero-order valence-electron chi connectivity index (χ0n) is 8.97. The molecular weight excluding hydrogens is 232 g/mol. The van der Waals surface area contributed by atoms with Gasteiger partial charge in [-0.05, 0) is 18.2 Å². The summed E-state index contributed by atoms with van der Waals surface area (Å²) in [6.07, 6.45) is 1.83. The zero-order chi connectivity index (χ0) is 11.7. The molecule has 0 radical (unpaired) electrons. The molecule has 3 rings (SSSR count). The summed E-state index contributed by atoms with van der Waals surface area (Å²) in [6, 6.07) is 15.5. The van der Waals surface area contributed by atoms with E-state index in [1.165, 1.54) is 0 Å². The Morgan fingerprint density at radius 1 is 0.941 bits per heavy atom. The van der Waals surface area contributed by atoms with Crippen molar-refractivity contribution in [2.75, 3.05) is 0 Å². The quantitative estimate of drug-likeness (QED) is 0.644. The molecule has 17 heavy (non-hydrogen) atoms. The molecule has 0 saturated carbocycles. The molecule has 82 valence electrons. The Hall–Kier alpha value is -1.93. The van der Waals surface area contributed by atoms with Crippen LogP contribution in [0.5, 0.6) is 0 Å². The number of para-hydroxylation sites is 1. The molecule has 0 unspecified atom stereocenters. The van der Waals surface area contributed by atoms with Crippen LogP contribution in [0.15, 0.2) is 54.7 Å². The predicted molar refractivity (Wildman–Crippen MR) is 70.0 cm³/mol. The molecule has 0 aliphatic carbocycles. The summed E-state index contributed by atoms with van der Waals surface area (Å²) >= 11 is 5.96. The average molecular weight is 241 g/mol. The van der Waals surface area contributed by atoms with Gasteiger partial charge in [0, 0.05) is 22.2 Å². The maximum Gasteiger partial charge on any atom is 0.159 e. The number of rotatable bonds is 1. The van der Waals surface area contributed by atoms with Gasteiger partial charge in [-0.25, -0.2) is 9.97 Å². The van der Waals surface area contributed by atoms with E-state index in [0.29, 0.717) is 10.8 Å². The molecule has 1 heterocycles. The first-order valence-corrected chi connectivity index (χ1v) is 5.68. The topological polar surface area (TPSA) is 25.8 Å². The third-order valence-electron chi connectivity index (χ3n) is 2.57. The van der Waals surface area contributed by atoms with Gasteiger partial charge in [0.15, 0.2) is 5.82 Å². The summed E-state index contributed by atoms with van der Waals surface area (Å²) in [5.74, 6) is 0.700. The Balaban J connectivity index is 2.18. The highest BCUT2D eigenvalue weighted by Gasteiger charge is 2.02. The summed E-state index contributed by atoms with van der Waals surface area (Å²) in [5.41, 5.74) is 1.88. The lowest BCUT2D eigenvalue weighted by Crippen LogP contribution is -1.89. The van der Waals surface area contributed by atoms with E-state index in [4.69, 9.17) is 11.6 Å². The van der Waals surface area contributed by atoms with Gasteiger partial charge in [0.1, 0.15) is 0 Å². The Kier molecular flexibility index (Phi) is 2.50. The highest BCUT2D eigenvalue weighted by Crippen LogP contribution is 2.21. The van der Waals surface area contributed by atoms with Crippen LogP contribution in [0, 0.1) is 0 Å². The van der Waals surface area contributed by atoms with E-state index >= 15 is 0 Å². The molecule has 0 fully saturated rings. The van der Waals surface area contributed by atoms with Crippen molar-refractivity contribution in [3.05, 3.63) is 59.8 Å². The molecule has 0 N–H and O–H groups in total. The highest BCUT2D eigenvalue weighted by atomic mass is 35.5. The van der Waals surface area contributed by atoms with Crippen LogP contribution >= 0.6 is 11.6 Å². The smallest absolute Gasteiger partial charge is 0.159 e. The molecule has 1 aromatic heterocycles. The summed E-state index contributed by atoms with van der Waals surface area (Å²) in [4.78, 5) is 8.87. The predicted octanol–water partition coefficient (Wildman–Crippen LogP) is 3.95. The number of halogens is 1. The molecule has 2 aromatic carbocycles. The maximum absolute atomic E-state index is 5.96. The van der Waals surface area contributed by atoms with Gasteiger partial charge in [-0.1, -0.05) is 41.9 Å². The van der Waals surface area contributed by atoms with Gasteiger partial charge < -0.3 is 0 Å². The first kappa shape index (κ1) is 10.2. The van der Waals surface area contributed by atoms with Crippen LogP contribution in [0.4, 0.5) is 0 Å². The van der Waals surface area contributed by atoms with Gasteiger partial charge in [0.2, 0.25) is 0 Å². The van der Waals surface area contributed by atoms with Crippen LogP contribution in [0.1, 0.15) is 0 Å². The third kappa shape index (κ3) is 1.99. The van der Waals surface area contributed by atoms with Gasteiger partial charge in [-0.3, -0.25) is 0 Å². The second-order valence-corrected chi connectivity index (χ2v) is 4.20. The van der Waals surface area contributed by atoms with Gasteiger partial charge in [-0.15, -0.1) is 0 Å². The van der Waals surface area contributed by atoms with E-state index < -0.39 is 0 Å². The second-order valence-electron chi connectivity index (χ2n) is 3.76. The van der Waals surface area contributed by atoms with Crippen LogP contribution in [0.3, 0.4) is 0 Å². The van der Waals surface area contributed by atoms with Gasteiger partial charge in [0.25, 0.3) is 0 Å². The van der Waals surface area contributed by atoms with Gasteiger partial charge in [0.05, 0.1) is 5.52 Å². The lowest BCUT2D eigenvalue weighted by molar-refractivity contribution is 1.23. The van der Waals surface area contributed by atoms with Gasteiger partial charge in [-0.2, -0.15) is 0 Å². The Bertz CT molecular complexity index is 680. The van der Waals surface area contributed by atoms with Crippen LogP contribution in [0.2, 0.25) is 5.02 Å². The number of benzene rings is 2. The van der Waals surface area contributed by atoms with Crippen LogP contribution in [-0.4, -0.2) is 9.97 Å². The lowest BCUT2D eigenvalue weighted by Gasteiger charge is -2.02. The summed E-state index contributed by atoms with van der Waals surface area (Å²) in [6.45, 7) is 0. The van der Waals surface area contributed by atoms with Crippen LogP contribution in [-0.2, 0) is 0 Å². The summed E-state index contributed by atoms with van der Waals surface area (Å²) < 4.78 is 0. The Morgan fingerprint density at radius 2 is 1.82 bits per heavy atom. The molecule has 0 saturated heterocycles. The standard InChI is InChI=1S/C14H9ClN2/c15-12-6-3-5-10(8-12)14-16-9-11-4-1-2-7-13(11)17-14/h1-9H. The number of fused-ring (bicyclic) bond motifs is 1. The molecule has 3 heteroatoms. The second kappa shape index (κ2) is 4.15. The first-order chi connectivity index (χ1) is 8.33. The SMILES string of the molecule is Clc1cccc(-c2ncc3ccccc3n2)c1. The minimum atomic E-state index is 0.694. The van der Waals surface area contributed by atoms with E-state index in [2.05, 4.69) is 9.97 Å². The minimum absolute atomic E-state index is 0.694. The number of nitrogens with zero attached hydrogens (tertiary/aromatic N) is 2. The zero-order valence-corrected chi connectivity index (χ0v) is 9.72. The van der Waals surface area contributed by atoms with Crippen molar-refractivity contribution in [3.63, 3.8) is 0 Å². The highest BCUT2D eigenvalue weighted by molar-refractivity contribution is 6.30. The number of hydrogen-bond donors (Lipinski definition) is 0. The lowest BCUT2D eigenvalue weighted by atomic mass is 10.2. The van der Waals surface area contributed by atoms with Crippen LogP contribution < -0.4 is 0 Å². The van der Waals surface area contributed by atoms with Crippen molar-refractivity contribution >= 4 is 22.5 Å². The molecule has 0 atom stereocenters. The molecule has 0 aliphatic heterocycles. The molecular formula is C14H9ClN2. The van der Waals surface area contributed by atoms with Crippen LogP contribution in [0.25, 0.3) is 22.3 Å². The normalized spacial score (nSPS) is 10.6. The third-order valence-corrected chi connectivity index (χ3v) is 2.81. The van der Waals surface area contributed by atoms with E-state index in [9.17, 15) is 0 Å². The fraction of sp³-hybridized carbons (Fsp3) is 0. The Labute approximate surface area is 104 Å². The molecule has 0 aliphatic rings. The van der Waals surface area contributed by atoms with Crippen molar-refractivity contribution in [3.8, 4) is 11.4 Å². The fourth-order valence-corrected chi connectivity index (χ4v) is 1.93. The van der Waals surface area contributed by atoms with E-state index in [-0.39, 0.29) is 0 Å². The van der Waals surface area contributed by atoms with Crippen molar-refractivity contribution < 1.29 is 0 Å². The van der Waals surface area contributed by atoms with E-state index in [0.717, 1.165) is 16.5 Å². The monoisotopic (exact) mass is 240 g/mol. The maximum atomic E-state index is 5.96.